The number of ether oxygens (including phenoxy) is 2. The first kappa shape index (κ1) is 20.8. The number of anilines is 1. The van der Waals surface area contributed by atoms with E-state index in [9.17, 15) is 0 Å². The van der Waals surface area contributed by atoms with E-state index in [1.165, 1.54) is 5.56 Å². The van der Waals surface area contributed by atoms with Crippen molar-refractivity contribution in [1.82, 2.24) is 0 Å². The van der Waals surface area contributed by atoms with Gasteiger partial charge in [-0.15, -0.1) is 0 Å². The molecule has 4 aromatic carbocycles. The second-order valence-electron chi connectivity index (χ2n) is 8.00. The van der Waals surface area contributed by atoms with Crippen molar-refractivity contribution in [3.05, 3.63) is 109 Å². The average Bonchev–Trinajstić information content (AvgIpc) is 2.88. The van der Waals surface area contributed by atoms with Crippen LogP contribution >= 0.6 is 0 Å². The Kier molecular flexibility index (Phi) is 5.81. The third kappa shape index (κ3) is 4.33. The lowest BCUT2D eigenvalue weighted by atomic mass is 9.92. The van der Waals surface area contributed by atoms with Gasteiger partial charge in [-0.05, 0) is 65.2 Å². The summed E-state index contributed by atoms with van der Waals surface area (Å²) in [5.41, 5.74) is 5.67. The highest BCUT2D eigenvalue weighted by atomic mass is 16.5. The number of rotatable bonds is 6. The van der Waals surface area contributed by atoms with E-state index in [-0.39, 0.29) is 6.04 Å². The Morgan fingerprint density at radius 1 is 0.667 bits per heavy atom. The third-order valence-electron chi connectivity index (χ3n) is 6.05. The molecule has 0 saturated carbocycles. The quantitative estimate of drug-likeness (QED) is 0.326. The fourth-order valence-corrected chi connectivity index (χ4v) is 4.20. The minimum atomic E-state index is 0.275. The number of hydrogen-bond donors (Lipinski definition) is 0. The Bertz CT molecular complexity index is 1230. The molecule has 0 amide bonds. The molecule has 1 saturated heterocycles. The van der Waals surface area contributed by atoms with Crippen LogP contribution in [0.1, 0.15) is 18.0 Å². The summed E-state index contributed by atoms with van der Waals surface area (Å²) in [6.45, 7) is 0. The van der Waals surface area contributed by atoms with E-state index in [1.807, 2.05) is 24.3 Å². The largest absolute Gasteiger partial charge is 0.497 e. The van der Waals surface area contributed by atoms with Crippen LogP contribution in [0.15, 0.2) is 108 Å². The molecule has 1 heterocycles. The van der Waals surface area contributed by atoms with Gasteiger partial charge in [0.2, 0.25) is 0 Å². The molecule has 1 aliphatic heterocycles. The van der Waals surface area contributed by atoms with Crippen molar-refractivity contribution in [1.29, 1.82) is 0 Å². The number of nitrogens with zero attached hydrogens (tertiary/aromatic N) is 2. The number of methoxy groups -OCH3 is 2. The second-order valence-corrected chi connectivity index (χ2v) is 8.00. The van der Waals surface area contributed by atoms with Crippen LogP contribution in [-0.2, 0) is 0 Å². The normalized spacial score (nSPS) is 16.4. The summed E-state index contributed by atoms with van der Waals surface area (Å²) < 4.78 is 10.6. The maximum absolute atomic E-state index is 5.34. The standard InChI is InChI=1S/C29H26N2O2/c1-32-26-16-10-22(11-17-26)21-8-12-24(13-9-21)30-29-20-28(23-6-4-3-5-7-23)31(29)25-14-18-27(33-2)19-15-25/h3-19,28H,20H2,1-2H3/b30-29+. The number of hydrogen-bond acceptors (Lipinski definition) is 3. The van der Waals surface area contributed by atoms with Gasteiger partial charge in [0.15, 0.2) is 0 Å². The lowest BCUT2D eigenvalue weighted by Crippen LogP contribution is -2.46. The van der Waals surface area contributed by atoms with E-state index in [1.54, 1.807) is 14.2 Å². The molecular weight excluding hydrogens is 408 g/mol. The smallest absolute Gasteiger partial charge is 0.119 e. The van der Waals surface area contributed by atoms with Crippen LogP contribution in [-0.4, -0.2) is 20.1 Å². The molecule has 1 aliphatic rings. The van der Waals surface area contributed by atoms with E-state index in [0.29, 0.717) is 0 Å². The van der Waals surface area contributed by atoms with Gasteiger partial charge in [0.25, 0.3) is 0 Å². The van der Waals surface area contributed by atoms with Gasteiger partial charge in [0, 0.05) is 12.1 Å². The molecule has 0 bridgehead atoms. The highest BCUT2D eigenvalue weighted by molar-refractivity contribution is 6.06. The number of benzene rings is 4. The molecule has 1 unspecified atom stereocenters. The van der Waals surface area contributed by atoms with E-state index < -0.39 is 0 Å². The zero-order valence-electron chi connectivity index (χ0n) is 18.8. The van der Waals surface area contributed by atoms with Gasteiger partial charge in [-0.2, -0.15) is 0 Å². The van der Waals surface area contributed by atoms with Gasteiger partial charge in [-0.25, -0.2) is 4.99 Å². The summed E-state index contributed by atoms with van der Waals surface area (Å²) in [6, 6.07) is 35.6. The molecule has 4 nitrogen and oxygen atoms in total. The van der Waals surface area contributed by atoms with Crippen molar-refractivity contribution in [2.24, 2.45) is 4.99 Å². The van der Waals surface area contributed by atoms with Crippen LogP contribution in [0, 0.1) is 0 Å². The van der Waals surface area contributed by atoms with Crippen molar-refractivity contribution in [2.75, 3.05) is 19.1 Å². The fraction of sp³-hybridized carbons (Fsp3) is 0.138. The molecule has 0 radical (unpaired) electrons. The van der Waals surface area contributed by atoms with Crippen LogP contribution in [0.5, 0.6) is 11.5 Å². The van der Waals surface area contributed by atoms with Crippen molar-refractivity contribution in [3.63, 3.8) is 0 Å². The molecule has 4 heteroatoms. The highest BCUT2D eigenvalue weighted by Gasteiger charge is 2.36. The van der Waals surface area contributed by atoms with Gasteiger partial charge in [-0.3, -0.25) is 0 Å². The first-order valence-corrected chi connectivity index (χ1v) is 11.1. The molecule has 33 heavy (non-hydrogen) atoms. The molecule has 0 N–H and O–H groups in total. The second kappa shape index (κ2) is 9.21. The SMILES string of the molecule is COc1ccc(-c2ccc(/N=C3\CC(c4ccccc4)N3c3ccc(OC)cc3)cc2)cc1. The van der Waals surface area contributed by atoms with Gasteiger partial charge >= 0.3 is 0 Å². The van der Waals surface area contributed by atoms with E-state index in [0.717, 1.165) is 46.3 Å². The molecule has 0 aliphatic carbocycles. The summed E-state index contributed by atoms with van der Waals surface area (Å²) in [7, 11) is 3.37. The van der Waals surface area contributed by atoms with Crippen molar-refractivity contribution < 1.29 is 9.47 Å². The van der Waals surface area contributed by atoms with E-state index in [4.69, 9.17) is 14.5 Å². The van der Waals surface area contributed by atoms with Crippen LogP contribution in [0.3, 0.4) is 0 Å². The average molecular weight is 435 g/mol. The predicted molar refractivity (Wildman–Crippen MR) is 135 cm³/mol. The summed E-state index contributed by atoms with van der Waals surface area (Å²) in [5.74, 6) is 2.77. The first-order chi connectivity index (χ1) is 16.2. The van der Waals surface area contributed by atoms with Crippen molar-refractivity contribution in [2.45, 2.75) is 12.5 Å². The Morgan fingerprint density at radius 3 is 1.79 bits per heavy atom. The molecule has 1 fully saturated rings. The summed E-state index contributed by atoms with van der Waals surface area (Å²) in [4.78, 5) is 7.31. The maximum Gasteiger partial charge on any atom is 0.119 e. The molecule has 4 aromatic rings. The van der Waals surface area contributed by atoms with Crippen LogP contribution in [0.2, 0.25) is 0 Å². The van der Waals surface area contributed by atoms with E-state index in [2.05, 4.69) is 83.8 Å². The monoisotopic (exact) mass is 434 g/mol. The minimum absolute atomic E-state index is 0.275. The Balaban J connectivity index is 1.42. The summed E-state index contributed by atoms with van der Waals surface area (Å²) >= 11 is 0. The van der Waals surface area contributed by atoms with Crippen molar-refractivity contribution >= 4 is 17.2 Å². The highest BCUT2D eigenvalue weighted by Crippen LogP contribution is 2.41. The van der Waals surface area contributed by atoms with Crippen LogP contribution in [0.25, 0.3) is 11.1 Å². The van der Waals surface area contributed by atoms with Crippen molar-refractivity contribution in [3.8, 4) is 22.6 Å². The van der Waals surface area contributed by atoms with Gasteiger partial charge in [0.05, 0.1) is 25.9 Å². The Hall–Kier alpha value is -4.05. The number of aliphatic imine (C=N–C) groups is 1. The van der Waals surface area contributed by atoms with Crippen LogP contribution < -0.4 is 14.4 Å². The molecule has 0 spiro atoms. The van der Waals surface area contributed by atoms with Gasteiger partial charge in [0.1, 0.15) is 17.3 Å². The third-order valence-corrected chi connectivity index (χ3v) is 6.05. The van der Waals surface area contributed by atoms with Crippen LogP contribution in [0.4, 0.5) is 11.4 Å². The van der Waals surface area contributed by atoms with Gasteiger partial charge in [-0.1, -0.05) is 54.6 Å². The zero-order valence-corrected chi connectivity index (χ0v) is 18.8. The summed E-state index contributed by atoms with van der Waals surface area (Å²) in [6.07, 6.45) is 0.899. The van der Waals surface area contributed by atoms with E-state index >= 15 is 0 Å². The lowest BCUT2D eigenvalue weighted by molar-refractivity contribution is 0.414. The molecule has 1 atom stereocenters. The Morgan fingerprint density at radius 2 is 1.21 bits per heavy atom. The molecule has 0 aromatic heterocycles. The lowest BCUT2D eigenvalue weighted by Gasteiger charge is -2.44. The fourth-order valence-electron chi connectivity index (χ4n) is 4.20. The Labute approximate surface area is 194 Å². The molecular formula is C29H26N2O2. The first-order valence-electron chi connectivity index (χ1n) is 11.1. The summed E-state index contributed by atoms with van der Waals surface area (Å²) in [5, 5.41) is 0. The molecule has 5 rings (SSSR count). The maximum atomic E-state index is 5.34. The predicted octanol–water partition coefficient (Wildman–Crippen LogP) is 7.05. The zero-order chi connectivity index (χ0) is 22.6. The van der Waals surface area contributed by atoms with Gasteiger partial charge < -0.3 is 14.4 Å². The molecule has 164 valence electrons. The number of amidine groups is 1. The topological polar surface area (TPSA) is 34.1 Å². The minimum Gasteiger partial charge on any atom is -0.497 e.